The molecule has 0 radical (unpaired) electrons. The minimum absolute atomic E-state index is 0.0397. The van der Waals surface area contributed by atoms with Gasteiger partial charge in [0.15, 0.2) is 5.82 Å². The quantitative estimate of drug-likeness (QED) is 0.0540. The van der Waals surface area contributed by atoms with Crippen LogP contribution in [-0.2, 0) is 29.2 Å². The molecule has 4 aromatic carbocycles. The fraction of sp³-hybridized carbons (Fsp3) is 0.333. The topological polar surface area (TPSA) is 182 Å². The molecule has 6 heterocycles. The van der Waals surface area contributed by atoms with Gasteiger partial charge in [0.1, 0.15) is 24.2 Å². The molecule has 4 aliphatic heterocycles. The number of anilines is 2. The number of unbranched alkanes of at least 4 members (excludes halogenated alkanes) is 3. The van der Waals surface area contributed by atoms with Gasteiger partial charge in [-0.2, -0.15) is 0 Å². The number of rotatable bonds is 16. The fourth-order valence-corrected chi connectivity index (χ4v) is 9.98. The van der Waals surface area contributed by atoms with E-state index >= 15 is 0 Å². The number of nitrogens with one attached hydrogen (secondary N) is 3. The van der Waals surface area contributed by atoms with Crippen LogP contribution in [0.4, 0.5) is 11.5 Å². The highest BCUT2D eigenvalue weighted by Crippen LogP contribution is 2.33. The molecular formula is C57H58N10O6. The SMILES string of the molecule is CNc1nc(-c2cnc3ccccc3c2)nc2c1CCN(C(=O)c1ccc(COc3ccc(C#CCN4CCN(CCCCCCNc5cccc6c5C(=O)N(C5CCC(=O)NC5=O)C6=O)CC4)cc3)cc1)C2. The molecule has 4 aliphatic rings. The van der Waals surface area contributed by atoms with Gasteiger partial charge in [-0.15, -0.1) is 0 Å². The molecule has 16 nitrogen and oxygen atoms in total. The Balaban J connectivity index is 0.609. The predicted molar refractivity (Wildman–Crippen MR) is 278 cm³/mol. The smallest absolute Gasteiger partial charge is 0.264 e. The Bertz CT molecular complexity index is 3120. The van der Waals surface area contributed by atoms with Gasteiger partial charge in [0.2, 0.25) is 11.8 Å². The molecule has 0 saturated carbocycles. The van der Waals surface area contributed by atoms with Crippen LogP contribution in [0.2, 0.25) is 0 Å². The Labute approximate surface area is 424 Å². The zero-order valence-corrected chi connectivity index (χ0v) is 41.0. The third-order valence-electron chi connectivity index (χ3n) is 14.1. The molecule has 0 spiro atoms. The Morgan fingerprint density at radius 3 is 2.42 bits per heavy atom. The number of para-hydroxylation sites is 1. The summed E-state index contributed by atoms with van der Waals surface area (Å²) in [6, 6.07) is 29.6. The zero-order chi connectivity index (χ0) is 50.3. The van der Waals surface area contributed by atoms with Crippen molar-refractivity contribution in [1.82, 2.24) is 39.9 Å². The number of ether oxygens (including phenoxy) is 1. The number of fused-ring (bicyclic) bond motifs is 3. The second-order valence-corrected chi connectivity index (χ2v) is 18.9. The van der Waals surface area contributed by atoms with Crippen LogP contribution in [0.3, 0.4) is 0 Å². The summed E-state index contributed by atoms with van der Waals surface area (Å²) in [5, 5.41) is 9.84. The monoisotopic (exact) mass is 978 g/mol. The number of hydrogen-bond acceptors (Lipinski definition) is 13. The van der Waals surface area contributed by atoms with Crippen molar-refractivity contribution in [3.05, 3.63) is 142 Å². The van der Waals surface area contributed by atoms with E-state index in [4.69, 9.17) is 14.7 Å². The van der Waals surface area contributed by atoms with Crippen LogP contribution >= 0.6 is 0 Å². The van der Waals surface area contributed by atoms with Crippen molar-refractivity contribution in [3.8, 4) is 29.0 Å². The summed E-state index contributed by atoms with van der Waals surface area (Å²) in [5.41, 5.74) is 7.30. The van der Waals surface area contributed by atoms with Gasteiger partial charge < -0.3 is 25.2 Å². The molecule has 372 valence electrons. The van der Waals surface area contributed by atoms with Gasteiger partial charge in [-0.05, 0) is 98.5 Å². The molecule has 2 fully saturated rings. The Hall–Kier alpha value is -8.00. The number of pyridine rings is 1. The predicted octanol–water partition coefficient (Wildman–Crippen LogP) is 6.55. The highest BCUT2D eigenvalue weighted by molar-refractivity contribution is 6.25. The second kappa shape index (κ2) is 22.2. The number of aromatic nitrogens is 3. The van der Waals surface area contributed by atoms with Crippen LogP contribution in [0.15, 0.2) is 103 Å². The summed E-state index contributed by atoms with van der Waals surface area (Å²) in [7, 11) is 1.86. The van der Waals surface area contributed by atoms with E-state index in [-0.39, 0.29) is 24.3 Å². The van der Waals surface area contributed by atoms with Gasteiger partial charge in [-0.25, -0.2) is 9.97 Å². The van der Waals surface area contributed by atoms with Gasteiger partial charge in [0.05, 0.1) is 35.4 Å². The summed E-state index contributed by atoms with van der Waals surface area (Å²) in [6.07, 6.45) is 6.85. The van der Waals surface area contributed by atoms with E-state index in [9.17, 15) is 24.0 Å². The standard InChI is InChI=1S/C57H58N10O6/c1-58-53-44-25-29-66(36-48(44)61-52(63-53)42-34-41-11-4-5-13-46(41)60-35-42)55(70)40-19-15-39(16-20-40)37-73-43-21-17-38(18-22-43)10-9-28-65-32-30-64(31-33-65)27-7-3-2-6-26-59-47-14-8-12-45-51(47)57(72)67(56(45)71)49-23-24-50(68)62-54(49)69/h4-5,8,11-22,34-35,49,59H,2-3,6-7,23-33,36-37H2,1H3,(H,58,61,63)(H,62,68,69). The van der Waals surface area contributed by atoms with Gasteiger partial charge >= 0.3 is 0 Å². The number of nitrogens with zero attached hydrogens (tertiary/aromatic N) is 7. The molecule has 73 heavy (non-hydrogen) atoms. The molecule has 16 heteroatoms. The average molecular weight is 979 g/mol. The summed E-state index contributed by atoms with van der Waals surface area (Å²) in [5.74, 6) is 6.73. The molecular weight excluding hydrogens is 921 g/mol. The first-order valence-corrected chi connectivity index (χ1v) is 25.2. The molecule has 5 amide bonds. The second-order valence-electron chi connectivity index (χ2n) is 18.9. The van der Waals surface area contributed by atoms with Crippen LogP contribution in [0.25, 0.3) is 22.3 Å². The zero-order valence-electron chi connectivity index (χ0n) is 41.0. The van der Waals surface area contributed by atoms with Crippen molar-refractivity contribution in [1.29, 1.82) is 0 Å². The minimum Gasteiger partial charge on any atom is -0.489 e. The Morgan fingerprint density at radius 2 is 1.62 bits per heavy atom. The van der Waals surface area contributed by atoms with E-state index in [0.29, 0.717) is 55.3 Å². The molecule has 2 aromatic heterocycles. The van der Waals surface area contributed by atoms with E-state index in [2.05, 4.69) is 42.6 Å². The Morgan fingerprint density at radius 1 is 0.822 bits per heavy atom. The third kappa shape index (κ3) is 11.1. The third-order valence-corrected chi connectivity index (χ3v) is 14.1. The van der Waals surface area contributed by atoms with Crippen LogP contribution in [0.1, 0.15) is 92.0 Å². The highest BCUT2D eigenvalue weighted by atomic mass is 16.5. The minimum atomic E-state index is -0.979. The summed E-state index contributed by atoms with van der Waals surface area (Å²) >= 11 is 0. The summed E-state index contributed by atoms with van der Waals surface area (Å²) in [4.78, 5) is 86.4. The van der Waals surface area contributed by atoms with Crippen LogP contribution in [0.5, 0.6) is 5.75 Å². The maximum atomic E-state index is 13.7. The van der Waals surface area contributed by atoms with Gasteiger partial charge in [0.25, 0.3) is 17.7 Å². The lowest BCUT2D eigenvalue weighted by atomic mass is 10.0. The lowest BCUT2D eigenvalue weighted by molar-refractivity contribution is -0.136. The molecule has 3 N–H and O–H groups in total. The van der Waals surface area contributed by atoms with E-state index in [1.165, 1.54) is 0 Å². The number of benzene rings is 4. The summed E-state index contributed by atoms with van der Waals surface area (Å²) in [6.45, 7) is 7.78. The van der Waals surface area contributed by atoms with E-state index in [1.807, 2.05) is 90.8 Å². The molecule has 0 bridgehead atoms. The maximum Gasteiger partial charge on any atom is 0.264 e. The van der Waals surface area contributed by atoms with E-state index in [1.54, 1.807) is 24.4 Å². The van der Waals surface area contributed by atoms with Crippen LogP contribution in [0, 0.1) is 11.8 Å². The lowest BCUT2D eigenvalue weighted by Crippen LogP contribution is -2.54. The number of amides is 5. The number of hydrogen-bond donors (Lipinski definition) is 3. The molecule has 1 atom stereocenters. The van der Waals surface area contributed by atoms with E-state index in [0.717, 1.165) is 120 Å². The first-order valence-electron chi connectivity index (χ1n) is 25.2. The van der Waals surface area contributed by atoms with Crippen molar-refractivity contribution in [3.63, 3.8) is 0 Å². The number of carbonyl (C=O) groups is 5. The van der Waals surface area contributed by atoms with Crippen LogP contribution in [-0.4, -0.2) is 130 Å². The molecule has 0 aliphatic carbocycles. The lowest BCUT2D eigenvalue weighted by Gasteiger charge is -2.33. The van der Waals surface area contributed by atoms with Crippen molar-refractivity contribution in [2.75, 3.05) is 70.0 Å². The molecule has 2 saturated heterocycles. The number of piperidine rings is 1. The van der Waals surface area contributed by atoms with Gasteiger partial charge in [-0.1, -0.05) is 61.1 Å². The van der Waals surface area contributed by atoms with Crippen molar-refractivity contribution >= 4 is 51.9 Å². The molecule has 6 aromatic rings. The first kappa shape index (κ1) is 48.6. The first-order chi connectivity index (χ1) is 35.7. The van der Waals surface area contributed by atoms with Gasteiger partial charge in [0, 0.05) is 92.3 Å². The molecule has 10 rings (SSSR count). The number of carbonyl (C=O) groups excluding carboxylic acids is 5. The number of imide groups is 2. The fourth-order valence-electron chi connectivity index (χ4n) is 9.98. The Kier molecular flexibility index (Phi) is 14.8. The normalized spacial score (nSPS) is 16.9. The van der Waals surface area contributed by atoms with E-state index < -0.39 is 29.7 Å². The average Bonchev–Trinajstić information content (AvgIpc) is 3.68. The van der Waals surface area contributed by atoms with Crippen molar-refractivity contribution in [2.45, 2.75) is 64.1 Å². The number of piperazine rings is 1. The van der Waals surface area contributed by atoms with Gasteiger partial charge in [-0.3, -0.25) is 44.1 Å². The summed E-state index contributed by atoms with van der Waals surface area (Å²) < 4.78 is 6.10. The maximum absolute atomic E-state index is 13.7. The molecule has 1 unspecified atom stereocenters. The highest BCUT2D eigenvalue weighted by Gasteiger charge is 2.45. The van der Waals surface area contributed by atoms with Crippen molar-refractivity contribution in [2.24, 2.45) is 0 Å². The van der Waals surface area contributed by atoms with Crippen molar-refractivity contribution < 1.29 is 28.7 Å². The largest absolute Gasteiger partial charge is 0.489 e. The van der Waals surface area contributed by atoms with Crippen LogP contribution < -0.4 is 20.7 Å².